The van der Waals surface area contributed by atoms with E-state index in [0.29, 0.717) is 37.7 Å². The Morgan fingerprint density at radius 3 is 2.48 bits per heavy atom. The van der Waals surface area contributed by atoms with Gasteiger partial charge in [0.25, 0.3) is 0 Å². The zero-order chi connectivity index (χ0) is 17.1. The van der Waals surface area contributed by atoms with Gasteiger partial charge in [-0.05, 0) is 18.1 Å². The van der Waals surface area contributed by atoms with E-state index < -0.39 is 10.0 Å². The van der Waals surface area contributed by atoms with E-state index in [1.54, 1.807) is 27.4 Å². The van der Waals surface area contributed by atoms with Crippen LogP contribution in [0.25, 0.3) is 0 Å². The molecule has 1 aromatic rings. The van der Waals surface area contributed by atoms with Gasteiger partial charge in [-0.15, -0.1) is 0 Å². The molecular formula is C15H25NO6S. The minimum Gasteiger partial charge on any atom is -0.497 e. The van der Waals surface area contributed by atoms with Crippen LogP contribution >= 0.6 is 0 Å². The number of benzene rings is 1. The van der Waals surface area contributed by atoms with E-state index >= 15 is 0 Å². The third-order valence-corrected chi connectivity index (χ3v) is 4.49. The van der Waals surface area contributed by atoms with E-state index in [0.717, 1.165) is 5.56 Å². The minimum absolute atomic E-state index is 0.0730. The topological polar surface area (TPSA) is 83.1 Å². The zero-order valence-electron chi connectivity index (χ0n) is 13.8. The monoisotopic (exact) mass is 347 g/mol. The number of hydrogen-bond donors (Lipinski definition) is 1. The Bertz CT molecular complexity index is 561. The van der Waals surface area contributed by atoms with Crippen LogP contribution in [0.2, 0.25) is 0 Å². The highest BCUT2D eigenvalue weighted by atomic mass is 32.2. The molecule has 0 aromatic heterocycles. The van der Waals surface area contributed by atoms with Crippen LogP contribution in [-0.4, -0.2) is 61.9 Å². The molecule has 0 amide bonds. The van der Waals surface area contributed by atoms with Gasteiger partial charge in [0.2, 0.25) is 10.0 Å². The van der Waals surface area contributed by atoms with E-state index in [9.17, 15) is 8.42 Å². The van der Waals surface area contributed by atoms with Crippen molar-refractivity contribution < 1.29 is 27.4 Å². The maximum atomic E-state index is 11.8. The third-order valence-electron chi connectivity index (χ3n) is 3.14. The van der Waals surface area contributed by atoms with Crippen molar-refractivity contribution in [2.75, 3.05) is 53.4 Å². The number of ether oxygens (including phenoxy) is 4. The van der Waals surface area contributed by atoms with Crippen molar-refractivity contribution in [1.82, 2.24) is 4.72 Å². The molecule has 0 aliphatic carbocycles. The van der Waals surface area contributed by atoms with Gasteiger partial charge in [0, 0.05) is 19.7 Å². The SMILES string of the molecule is COCCOCCS(=O)(=O)NCCc1ccc(OC)cc1OC. The predicted octanol–water partition coefficient (Wildman–Crippen LogP) is 0.829. The molecule has 0 saturated carbocycles. The summed E-state index contributed by atoms with van der Waals surface area (Å²) >= 11 is 0. The largest absolute Gasteiger partial charge is 0.497 e. The number of methoxy groups -OCH3 is 3. The Labute approximate surface area is 137 Å². The maximum absolute atomic E-state index is 11.8. The quantitative estimate of drug-likeness (QED) is 0.564. The third kappa shape index (κ3) is 7.65. The summed E-state index contributed by atoms with van der Waals surface area (Å²) in [6.45, 7) is 1.27. The van der Waals surface area contributed by atoms with Crippen molar-refractivity contribution in [3.05, 3.63) is 23.8 Å². The van der Waals surface area contributed by atoms with Crippen molar-refractivity contribution in [2.45, 2.75) is 6.42 Å². The summed E-state index contributed by atoms with van der Waals surface area (Å²) in [5.41, 5.74) is 0.910. The van der Waals surface area contributed by atoms with E-state index in [-0.39, 0.29) is 12.4 Å². The molecule has 23 heavy (non-hydrogen) atoms. The van der Waals surface area contributed by atoms with Gasteiger partial charge in [-0.2, -0.15) is 0 Å². The van der Waals surface area contributed by atoms with E-state index in [1.807, 2.05) is 12.1 Å². The van der Waals surface area contributed by atoms with Crippen LogP contribution in [0.5, 0.6) is 11.5 Å². The van der Waals surface area contributed by atoms with Crippen LogP contribution in [0.4, 0.5) is 0 Å². The predicted molar refractivity (Wildman–Crippen MR) is 87.7 cm³/mol. The van der Waals surface area contributed by atoms with Crippen LogP contribution in [0.15, 0.2) is 18.2 Å². The fourth-order valence-electron chi connectivity index (χ4n) is 1.88. The van der Waals surface area contributed by atoms with Crippen molar-refractivity contribution in [2.24, 2.45) is 0 Å². The summed E-state index contributed by atoms with van der Waals surface area (Å²) < 4.78 is 46.6. The molecule has 0 aliphatic heterocycles. The Kier molecular flexibility index (Phi) is 8.93. The highest BCUT2D eigenvalue weighted by Gasteiger charge is 2.11. The molecule has 0 radical (unpaired) electrons. The fraction of sp³-hybridized carbons (Fsp3) is 0.600. The van der Waals surface area contributed by atoms with Crippen LogP contribution in [0, 0.1) is 0 Å². The first-order valence-corrected chi connectivity index (χ1v) is 8.92. The lowest BCUT2D eigenvalue weighted by Crippen LogP contribution is -2.30. The smallest absolute Gasteiger partial charge is 0.213 e. The van der Waals surface area contributed by atoms with Gasteiger partial charge in [-0.25, -0.2) is 13.1 Å². The molecule has 0 unspecified atom stereocenters. The van der Waals surface area contributed by atoms with Crippen molar-refractivity contribution in [3.63, 3.8) is 0 Å². The molecule has 0 heterocycles. The molecule has 0 fully saturated rings. The van der Waals surface area contributed by atoms with Gasteiger partial charge < -0.3 is 18.9 Å². The van der Waals surface area contributed by atoms with Gasteiger partial charge in [-0.3, -0.25) is 0 Å². The molecule has 0 aliphatic rings. The summed E-state index contributed by atoms with van der Waals surface area (Å²) in [7, 11) is 1.36. The van der Waals surface area contributed by atoms with E-state index in [2.05, 4.69) is 4.72 Å². The highest BCUT2D eigenvalue weighted by Crippen LogP contribution is 2.24. The van der Waals surface area contributed by atoms with Crippen molar-refractivity contribution >= 4 is 10.0 Å². The minimum atomic E-state index is -3.35. The zero-order valence-corrected chi connectivity index (χ0v) is 14.6. The molecular weight excluding hydrogens is 322 g/mol. The van der Waals surface area contributed by atoms with Crippen molar-refractivity contribution in [1.29, 1.82) is 0 Å². The van der Waals surface area contributed by atoms with Crippen LogP contribution in [-0.2, 0) is 25.9 Å². The second-order valence-corrected chi connectivity index (χ2v) is 6.67. The second kappa shape index (κ2) is 10.4. The molecule has 132 valence electrons. The van der Waals surface area contributed by atoms with Gasteiger partial charge in [0.15, 0.2) is 0 Å². The summed E-state index contributed by atoms with van der Waals surface area (Å²) in [5, 5.41) is 0. The van der Waals surface area contributed by atoms with Gasteiger partial charge in [0.1, 0.15) is 11.5 Å². The average molecular weight is 347 g/mol. The lowest BCUT2D eigenvalue weighted by atomic mass is 10.1. The molecule has 1 rings (SSSR count). The molecule has 8 heteroatoms. The highest BCUT2D eigenvalue weighted by molar-refractivity contribution is 7.89. The summed E-state index contributed by atoms with van der Waals surface area (Å²) in [6, 6.07) is 5.45. The fourth-order valence-corrected chi connectivity index (χ4v) is 2.78. The normalized spacial score (nSPS) is 11.4. The maximum Gasteiger partial charge on any atom is 0.213 e. The number of sulfonamides is 1. The molecule has 0 atom stereocenters. The molecule has 7 nitrogen and oxygen atoms in total. The molecule has 0 bridgehead atoms. The average Bonchev–Trinajstić information content (AvgIpc) is 2.54. The van der Waals surface area contributed by atoms with Gasteiger partial charge in [0.05, 0.1) is 39.8 Å². The standard InChI is InChI=1S/C15H25NO6S/c1-19-8-9-22-10-11-23(17,18)16-7-6-13-4-5-14(20-2)12-15(13)21-3/h4-5,12,16H,6-11H2,1-3H3. The lowest BCUT2D eigenvalue weighted by molar-refractivity contribution is 0.0784. The molecule has 1 aromatic carbocycles. The van der Waals surface area contributed by atoms with E-state index in [4.69, 9.17) is 18.9 Å². The van der Waals surface area contributed by atoms with E-state index in [1.165, 1.54) is 0 Å². The Morgan fingerprint density at radius 1 is 1.04 bits per heavy atom. The Morgan fingerprint density at radius 2 is 1.83 bits per heavy atom. The number of hydrogen-bond acceptors (Lipinski definition) is 6. The van der Waals surface area contributed by atoms with Gasteiger partial charge >= 0.3 is 0 Å². The molecule has 1 N–H and O–H groups in total. The Balaban J connectivity index is 2.40. The lowest BCUT2D eigenvalue weighted by Gasteiger charge is -2.11. The summed E-state index contributed by atoms with van der Waals surface area (Å²) in [5.74, 6) is 1.29. The van der Waals surface area contributed by atoms with Crippen LogP contribution < -0.4 is 14.2 Å². The van der Waals surface area contributed by atoms with Crippen LogP contribution in [0.3, 0.4) is 0 Å². The van der Waals surface area contributed by atoms with Crippen molar-refractivity contribution in [3.8, 4) is 11.5 Å². The molecule has 0 saturated heterocycles. The first-order valence-electron chi connectivity index (χ1n) is 7.27. The second-order valence-electron chi connectivity index (χ2n) is 4.75. The number of rotatable bonds is 12. The number of nitrogens with one attached hydrogen (secondary N) is 1. The van der Waals surface area contributed by atoms with Gasteiger partial charge in [-0.1, -0.05) is 6.07 Å². The first kappa shape index (κ1) is 19.7. The summed E-state index contributed by atoms with van der Waals surface area (Å²) in [4.78, 5) is 0. The first-order chi connectivity index (χ1) is 11.0. The van der Waals surface area contributed by atoms with Crippen LogP contribution in [0.1, 0.15) is 5.56 Å². The summed E-state index contributed by atoms with van der Waals surface area (Å²) in [6.07, 6.45) is 0.525. The Hall–Kier alpha value is -1.35. The molecule has 0 spiro atoms.